The van der Waals surface area contributed by atoms with E-state index in [0.29, 0.717) is 6.42 Å². The molecule has 9 heteroatoms. The van der Waals surface area contributed by atoms with E-state index in [-0.39, 0.29) is 26.7 Å². The maximum absolute atomic E-state index is 13.7. The number of nitrogens with one attached hydrogen (secondary N) is 1. The second-order valence-corrected chi connectivity index (χ2v) is 12.0. The zero-order chi connectivity index (χ0) is 26.8. The topological polar surface area (TPSA) is 75.7 Å². The van der Waals surface area contributed by atoms with E-state index in [4.69, 9.17) is 27.9 Å². The number of carbonyl (C=O) groups excluding carboxylic acids is 1. The molecular weight excluding hydrogens is 531 g/mol. The standard InChI is InChI=1S/C28H30Cl2N2O4S/c1-4-28(5-2)17-25(22-8-6-7-9-26(22)36-28)31-27(33)18-32(20-12-15-23(29)24(30)16-20)37(34,35)21-13-10-19(3)11-14-21/h6-16,25H,4-5,17-18H2,1-3H3,(H,31,33)/t25-/m0/s1. The molecule has 1 N–H and O–H groups in total. The van der Waals surface area contributed by atoms with Crippen molar-refractivity contribution in [2.45, 2.75) is 56.6 Å². The number of hydrogen-bond donors (Lipinski definition) is 1. The average molecular weight is 562 g/mol. The number of para-hydroxylation sites is 1. The normalized spacial score (nSPS) is 16.4. The molecule has 0 saturated carbocycles. The number of carbonyl (C=O) groups is 1. The average Bonchev–Trinajstić information content (AvgIpc) is 2.89. The van der Waals surface area contributed by atoms with Crippen molar-refractivity contribution in [1.82, 2.24) is 5.32 Å². The largest absolute Gasteiger partial charge is 0.487 e. The van der Waals surface area contributed by atoms with Gasteiger partial charge >= 0.3 is 0 Å². The Balaban J connectivity index is 1.67. The van der Waals surface area contributed by atoms with Gasteiger partial charge < -0.3 is 10.1 Å². The Morgan fingerprint density at radius 3 is 2.35 bits per heavy atom. The lowest BCUT2D eigenvalue weighted by Gasteiger charge is -2.41. The van der Waals surface area contributed by atoms with E-state index in [1.165, 1.54) is 30.3 Å². The van der Waals surface area contributed by atoms with Crippen molar-refractivity contribution < 1.29 is 17.9 Å². The number of halogens is 2. The summed E-state index contributed by atoms with van der Waals surface area (Å²) in [5.74, 6) is 0.293. The van der Waals surface area contributed by atoms with Crippen molar-refractivity contribution in [1.29, 1.82) is 0 Å². The van der Waals surface area contributed by atoms with Crippen LogP contribution in [0, 0.1) is 6.92 Å². The molecule has 196 valence electrons. The molecule has 37 heavy (non-hydrogen) atoms. The summed E-state index contributed by atoms with van der Waals surface area (Å²) in [5, 5.41) is 3.55. The first kappa shape index (κ1) is 27.3. The summed E-state index contributed by atoms with van der Waals surface area (Å²) in [6.45, 7) is 5.57. The Labute approximate surface area is 228 Å². The van der Waals surface area contributed by atoms with Crippen LogP contribution in [0.2, 0.25) is 10.0 Å². The smallest absolute Gasteiger partial charge is 0.264 e. The first-order valence-corrected chi connectivity index (χ1v) is 14.4. The van der Waals surface area contributed by atoms with Gasteiger partial charge in [-0.25, -0.2) is 8.42 Å². The number of rotatable bonds is 8. The fourth-order valence-corrected chi connectivity index (χ4v) is 6.30. The van der Waals surface area contributed by atoms with Crippen molar-refractivity contribution in [2.24, 2.45) is 0 Å². The van der Waals surface area contributed by atoms with E-state index in [0.717, 1.165) is 34.0 Å². The number of sulfonamides is 1. The van der Waals surface area contributed by atoms with Crippen LogP contribution in [0.15, 0.2) is 71.6 Å². The Kier molecular flexibility index (Phi) is 8.07. The number of amides is 1. The number of fused-ring (bicyclic) bond motifs is 1. The highest BCUT2D eigenvalue weighted by Gasteiger charge is 2.39. The van der Waals surface area contributed by atoms with Gasteiger partial charge in [-0.3, -0.25) is 9.10 Å². The highest BCUT2D eigenvalue weighted by molar-refractivity contribution is 7.92. The summed E-state index contributed by atoms with van der Waals surface area (Å²) >= 11 is 12.3. The second-order valence-electron chi connectivity index (χ2n) is 9.28. The first-order chi connectivity index (χ1) is 17.6. The Morgan fingerprint density at radius 1 is 1.03 bits per heavy atom. The molecule has 6 nitrogen and oxygen atoms in total. The molecule has 0 aromatic heterocycles. The van der Waals surface area contributed by atoms with Gasteiger partial charge in [-0.05, 0) is 56.2 Å². The minimum absolute atomic E-state index is 0.0735. The Bertz CT molecular complexity index is 1390. The molecule has 1 heterocycles. The maximum Gasteiger partial charge on any atom is 0.264 e. The van der Waals surface area contributed by atoms with E-state index in [9.17, 15) is 13.2 Å². The predicted octanol–water partition coefficient (Wildman–Crippen LogP) is 6.70. The summed E-state index contributed by atoms with van der Waals surface area (Å²) < 4.78 is 34.8. The van der Waals surface area contributed by atoms with E-state index in [2.05, 4.69) is 19.2 Å². The van der Waals surface area contributed by atoms with Gasteiger partial charge in [-0.2, -0.15) is 0 Å². The first-order valence-electron chi connectivity index (χ1n) is 12.2. The molecule has 3 aromatic carbocycles. The summed E-state index contributed by atoms with van der Waals surface area (Å²) in [6, 6.07) is 18.3. The third-order valence-electron chi connectivity index (χ3n) is 6.91. The molecule has 1 atom stereocenters. The molecule has 0 unspecified atom stereocenters. The van der Waals surface area contributed by atoms with Gasteiger partial charge in [0.05, 0.1) is 26.7 Å². The minimum Gasteiger partial charge on any atom is -0.487 e. The molecule has 1 aliphatic heterocycles. The number of hydrogen-bond acceptors (Lipinski definition) is 4. The summed E-state index contributed by atoms with van der Waals surface area (Å²) in [5.41, 5.74) is 1.63. The lowest BCUT2D eigenvalue weighted by atomic mass is 9.83. The highest BCUT2D eigenvalue weighted by atomic mass is 35.5. The number of nitrogens with zero attached hydrogens (tertiary/aromatic N) is 1. The van der Waals surface area contributed by atoms with Crippen LogP contribution in [0.5, 0.6) is 5.75 Å². The highest BCUT2D eigenvalue weighted by Crippen LogP contribution is 2.42. The van der Waals surface area contributed by atoms with Crippen molar-refractivity contribution in [3.63, 3.8) is 0 Å². The molecule has 0 bridgehead atoms. The van der Waals surface area contributed by atoms with Crippen molar-refractivity contribution >= 4 is 44.8 Å². The number of anilines is 1. The van der Waals surface area contributed by atoms with Crippen molar-refractivity contribution in [3.05, 3.63) is 87.9 Å². The van der Waals surface area contributed by atoms with Crippen molar-refractivity contribution in [3.8, 4) is 5.75 Å². The third-order valence-corrected chi connectivity index (χ3v) is 9.44. The fourth-order valence-electron chi connectivity index (χ4n) is 4.59. The van der Waals surface area contributed by atoms with E-state index >= 15 is 0 Å². The van der Waals surface area contributed by atoms with Gasteiger partial charge in [0.25, 0.3) is 10.0 Å². The number of aryl methyl sites for hydroxylation is 1. The van der Waals surface area contributed by atoms with Crippen LogP contribution in [-0.2, 0) is 14.8 Å². The van der Waals surface area contributed by atoms with Crippen LogP contribution in [0.1, 0.15) is 50.3 Å². The van der Waals surface area contributed by atoms with Gasteiger partial charge in [0.15, 0.2) is 0 Å². The lowest BCUT2D eigenvalue weighted by molar-refractivity contribution is -0.121. The van der Waals surface area contributed by atoms with Crippen LogP contribution < -0.4 is 14.4 Å². The Morgan fingerprint density at radius 2 is 1.70 bits per heavy atom. The zero-order valence-corrected chi connectivity index (χ0v) is 23.3. The molecule has 0 radical (unpaired) electrons. The van der Waals surface area contributed by atoms with E-state index < -0.39 is 28.1 Å². The minimum atomic E-state index is -4.08. The summed E-state index contributed by atoms with van der Waals surface area (Å²) in [6.07, 6.45) is 2.14. The van der Waals surface area contributed by atoms with Gasteiger partial charge in [0, 0.05) is 12.0 Å². The van der Waals surface area contributed by atoms with Crippen LogP contribution >= 0.6 is 23.2 Å². The van der Waals surface area contributed by atoms with Gasteiger partial charge in [-0.1, -0.05) is 72.9 Å². The van der Waals surface area contributed by atoms with E-state index in [1.54, 1.807) is 12.1 Å². The fraction of sp³-hybridized carbons (Fsp3) is 0.321. The second kappa shape index (κ2) is 10.9. The van der Waals surface area contributed by atoms with Crippen LogP contribution in [0.25, 0.3) is 0 Å². The van der Waals surface area contributed by atoms with Gasteiger partial charge in [0.1, 0.15) is 17.9 Å². The molecule has 3 aromatic rings. The van der Waals surface area contributed by atoms with Gasteiger partial charge in [0.2, 0.25) is 5.91 Å². The van der Waals surface area contributed by atoms with Crippen molar-refractivity contribution in [2.75, 3.05) is 10.8 Å². The molecule has 0 aliphatic carbocycles. The SMILES string of the molecule is CCC1(CC)C[C@H](NC(=O)CN(c2ccc(Cl)c(Cl)c2)S(=O)(=O)c2ccc(C)cc2)c2ccccc2O1. The molecule has 1 aliphatic rings. The lowest BCUT2D eigenvalue weighted by Crippen LogP contribution is -2.47. The van der Waals surface area contributed by atoms with Crippen LogP contribution in [-0.4, -0.2) is 26.5 Å². The monoisotopic (exact) mass is 560 g/mol. The maximum atomic E-state index is 13.7. The van der Waals surface area contributed by atoms with E-state index in [1.807, 2.05) is 31.2 Å². The van der Waals surface area contributed by atoms with Crippen LogP contribution in [0.3, 0.4) is 0 Å². The summed E-state index contributed by atoms with van der Waals surface area (Å²) in [4.78, 5) is 13.5. The zero-order valence-electron chi connectivity index (χ0n) is 21.0. The Hall–Kier alpha value is -2.74. The molecule has 0 spiro atoms. The third kappa shape index (κ3) is 5.74. The number of ether oxygens (including phenoxy) is 1. The molecule has 0 saturated heterocycles. The summed E-state index contributed by atoms with van der Waals surface area (Å²) in [7, 11) is -4.08. The quantitative estimate of drug-likeness (QED) is 0.332. The molecule has 0 fully saturated rings. The van der Waals surface area contributed by atoms with Gasteiger partial charge in [-0.15, -0.1) is 0 Å². The molecular formula is C28H30Cl2N2O4S. The molecule has 1 amide bonds. The predicted molar refractivity (Wildman–Crippen MR) is 148 cm³/mol. The molecule has 4 rings (SSSR count). The van der Waals surface area contributed by atoms with Crippen LogP contribution in [0.4, 0.5) is 5.69 Å². The number of benzene rings is 3.